The first-order chi connectivity index (χ1) is 16.1. The lowest BCUT2D eigenvalue weighted by Gasteiger charge is -2.46. The number of pyridine rings is 1. The summed E-state index contributed by atoms with van der Waals surface area (Å²) in [5, 5.41) is 7.64. The van der Waals surface area contributed by atoms with Crippen LogP contribution in [0.5, 0.6) is 0 Å². The number of benzene rings is 2. The van der Waals surface area contributed by atoms with Crippen molar-refractivity contribution in [3.8, 4) is 0 Å². The zero-order valence-corrected chi connectivity index (χ0v) is 18.7. The molecule has 0 spiro atoms. The zero-order chi connectivity index (χ0) is 22.4. The molecule has 3 aliphatic rings. The van der Waals surface area contributed by atoms with E-state index in [0.29, 0.717) is 12.1 Å². The second-order valence-corrected chi connectivity index (χ2v) is 9.44. The number of aliphatic imine (C=N–C) groups is 1. The Balaban J connectivity index is 1.37. The third-order valence-corrected chi connectivity index (χ3v) is 6.85. The number of rotatable bonds is 5. The van der Waals surface area contributed by atoms with E-state index in [0.717, 1.165) is 41.2 Å². The van der Waals surface area contributed by atoms with Crippen LogP contribution in [-0.2, 0) is 0 Å². The molecule has 33 heavy (non-hydrogen) atoms. The van der Waals surface area contributed by atoms with E-state index in [1.54, 1.807) is 12.1 Å². The third kappa shape index (κ3) is 4.11. The number of halogens is 1. The minimum absolute atomic E-state index is 0.135. The van der Waals surface area contributed by atoms with E-state index in [-0.39, 0.29) is 17.9 Å². The average molecular weight is 442 g/mol. The van der Waals surface area contributed by atoms with Crippen molar-refractivity contribution in [2.24, 2.45) is 4.99 Å². The second-order valence-electron chi connectivity index (χ2n) is 9.44. The maximum Gasteiger partial charge on any atom is 0.123 e. The summed E-state index contributed by atoms with van der Waals surface area (Å²) in [6.45, 7) is 2.07. The molecule has 2 aromatic carbocycles. The van der Waals surface area contributed by atoms with Gasteiger partial charge >= 0.3 is 0 Å². The molecule has 168 valence electrons. The Kier molecular flexibility index (Phi) is 5.10. The maximum atomic E-state index is 13.7. The zero-order valence-electron chi connectivity index (χ0n) is 18.7. The van der Waals surface area contributed by atoms with Crippen molar-refractivity contribution in [1.29, 1.82) is 0 Å². The van der Waals surface area contributed by atoms with Crippen LogP contribution >= 0.6 is 0 Å². The maximum absolute atomic E-state index is 13.7. The summed E-state index contributed by atoms with van der Waals surface area (Å²) in [6.07, 6.45) is 8.03. The number of hydrogen-bond donors (Lipinski definition) is 2. The molecule has 0 saturated heterocycles. The molecular weight excluding hydrogens is 413 g/mol. The molecule has 2 fully saturated rings. The van der Waals surface area contributed by atoms with Gasteiger partial charge in [0.15, 0.2) is 0 Å². The first-order valence-electron chi connectivity index (χ1n) is 11.8. The Morgan fingerprint density at radius 2 is 1.82 bits per heavy atom. The summed E-state index contributed by atoms with van der Waals surface area (Å²) in [5.41, 5.74) is 6.42. The van der Waals surface area contributed by atoms with E-state index in [9.17, 15) is 4.39 Å². The number of aryl methyl sites for hydroxylation is 1. The molecule has 3 aromatic rings. The lowest BCUT2D eigenvalue weighted by atomic mass is 9.82. The summed E-state index contributed by atoms with van der Waals surface area (Å²) in [7, 11) is 0. The van der Waals surface area contributed by atoms with Gasteiger partial charge in [-0.2, -0.15) is 0 Å². The van der Waals surface area contributed by atoms with E-state index in [2.05, 4.69) is 45.6 Å². The minimum Gasteiger partial charge on any atom is -0.379 e. The lowest BCUT2D eigenvalue weighted by Crippen LogP contribution is -2.57. The molecule has 6 rings (SSSR count). The monoisotopic (exact) mass is 441 g/mol. The van der Waals surface area contributed by atoms with Gasteiger partial charge in [0.25, 0.3) is 0 Å². The fourth-order valence-electron chi connectivity index (χ4n) is 5.16. The summed E-state index contributed by atoms with van der Waals surface area (Å²) in [4.78, 5) is 11.8. The SMILES string of the molecule is Cc1cncc(NC2CC3=Nc4ccccc4N(c4ccc(F)cc4)C3CC2NC2CC2)c1. The Labute approximate surface area is 193 Å². The van der Waals surface area contributed by atoms with Crippen molar-refractivity contribution >= 4 is 28.5 Å². The van der Waals surface area contributed by atoms with Crippen LogP contribution in [0.1, 0.15) is 31.2 Å². The molecule has 5 nitrogen and oxygen atoms in total. The fraction of sp³-hybridized carbons (Fsp3) is 0.333. The Bertz CT molecular complexity index is 1190. The summed E-state index contributed by atoms with van der Waals surface area (Å²) >= 11 is 0. The summed E-state index contributed by atoms with van der Waals surface area (Å²) in [5.74, 6) is -0.217. The van der Waals surface area contributed by atoms with Gasteiger partial charge in [0.1, 0.15) is 5.82 Å². The van der Waals surface area contributed by atoms with Crippen molar-refractivity contribution in [3.63, 3.8) is 0 Å². The predicted molar refractivity (Wildman–Crippen MR) is 131 cm³/mol. The summed E-state index contributed by atoms with van der Waals surface area (Å²) in [6, 6.07) is 18.5. The largest absolute Gasteiger partial charge is 0.379 e. The van der Waals surface area contributed by atoms with Crippen molar-refractivity contribution < 1.29 is 4.39 Å². The van der Waals surface area contributed by atoms with Crippen molar-refractivity contribution in [3.05, 3.63) is 78.4 Å². The van der Waals surface area contributed by atoms with E-state index in [1.807, 2.05) is 36.7 Å². The van der Waals surface area contributed by atoms with Gasteiger partial charge in [-0.15, -0.1) is 0 Å². The highest BCUT2D eigenvalue weighted by Gasteiger charge is 2.42. The highest BCUT2D eigenvalue weighted by atomic mass is 19.1. The van der Waals surface area contributed by atoms with Crippen LogP contribution in [0.25, 0.3) is 0 Å². The van der Waals surface area contributed by atoms with Gasteiger partial charge in [-0.3, -0.25) is 9.98 Å². The fourth-order valence-corrected chi connectivity index (χ4v) is 5.16. The topological polar surface area (TPSA) is 52.6 Å². The quantitative estimate of drug-likeness (QED) is 0.548. The lowest BCUT2D eigenvalue weighted by molar-refractivity contribution is 0.390. The number of aromatic nitrogens is 1. The molecule has 0 bridgehead atoms. The highest BCUT2D eigenvalue weighted by Crippen LogP contribution is 2.43. The number of nitrogens with zero attached hydrogens (tertiary/aromatic N) is 3. The smallest absolute Gasteiger partial charge is 0.123 e. The van der Waals surface area contributed by atoms with Crippen molar-refractivity contribution in [1.82, 2.24) is 10.3 Å². The van der Waals surface area contributed by atoms with Crippen LogP contribution in [0.3, 0.4) is 0 Å². The molecule has 2 saturated carbocycles. The van der Waals surface area contributed by atoms with Gasteiger partial charge in [-0.1, -0.05) is 12.1 Å². The Morgan fingerprint density at radius 3 is 2.61 bits per heavy atom. The molecule has 1 aromatic heterocycles. The summed E-state index contributed by atoms with van der Waals surface area (Å²) < 4.78 is 13.7. The number of fused-ring (bicyclic) bond motifs is 2. The third-order valence-electron chi connectivity index (χ3n) is 6.85. The molecule has 3 atom stereocenters. The normalized spacial score (nSPS) is 24.0. The molecule has 0 amide bonds. The van der Waals surface area contributed by atoms with Gasteiger partial charge in [-0.05, 0) is 74.2 Å². The number of nitrogens with one attached hydrogen (secondary N) is 2. The highest BCUT2D eigenvalue weighted by molar-refractivity contribution is 6.02. The number of hydrogen-bond acceptors (Lipinski definition) is 5. The minimum atomic E-state index is -0.217. The molecule has 2 aliphatic carbocycles. The predicted octanol–water partition coefficient (Wildman–Crippen LogP) is 5.52. The number of anilines is 3. The molecule has 3 unspecified atom stereocenters. The van der Waals surface area contributed by atoms with Crippen LogP contribution in [0.4, 0.5) is 27.1 Å². The Hall–Kier alpha value is -3.25. The van der Waals surface area contributed by atoms with Crippen LogP contribution in [-0.4, -0.2) is 34.9 Å². The van der Waals surface area contributed by atoms with Gasteiger partial charge in [0, 0.05) is 48.3 Å². The molecule has 2 N–H and O–H groups in total. The number of para-hydroxylation sites is 2. The average Bonchev–Trinajstić information content (AvgIpc) is 3.63. The molecule has 2 heterocycles. The van der Waals surface area contributed by atoms with E-state index in [1.165, 1.54) is 18.6 Å². The van der Waals surface area contributed by atoms with Crippen molar-refractivity contribution in [2.45, 2.75) is 56.8 Å². The standard InChI is InChI=1S/C27H28FN5/c1-17-12-20(16-29-15-17)31-23-13-25-27(14-24(23)30-19-8-9-19)33(21-10-6-18(28)7-11-21)26-5-3-2-4-22(26)32-25/h2-7,10-12,15-16,19,23-24,27,30-31H,8-9,13-14H2,1H3. The molecule has 1 aliphatic heterocycles. The Morgan fingerprint density at radius 1 is 1.00 bits per heavy atom. The van der Waals surface area contributed by atoms with Crippen LogP contribution in [0.15, 0.2) is 72.0 Å². The molecular formula is C27H28FN5. The van der Waals surface area contributed by atoms with E-state index >= 15 is 0 Å². The van der Waals surface area contributed by atoms with Gasteiger partial charge in [0.2, 0.25) is 0 Å². The second kappa shape index (κ2) is 8.27. The van der Waals surface area contributed by atoms with Crippen LogP contribution in [0, 0.1) is 12.7 Å². The van der Waals surface area contributed by atoms with Crippen LogP contribution < -0.4 is 15.5 Å². The van der Waals surface area contributed by atoms with Gasteiger partial charge < -0.3 is 15.5 Å². The first-order valence-corrected chi connectivity index (χ1v) is 11.8. The van der Waals surface area contributed by atoms with Gasteiger partial charge in [-0.25, -0.2) is 4.39 Å². The van der Waals surface area contributed by atoms with Crippen LogP contribution in [0.2, 0.25) is 0 Å². The molecule has 6 heteroatoms. The molecule has 0 radical (unpaired) electrons. The van der Waals surface area contributed by atoms with Crippen molar-refractivity contribution in [2.75, 3.05) is 10.2 Å². The van der Waals surface area contributed by atoms with E-state index in [4.69, 9.17) is 4.99 Å². The van der Waals surface area contributed by atoms with Gasteiger partial charge in [0.05, 0.1) is 23.1 Å². The van der Waals surface area contributed by atoms with E-state index < -0.39 is 0 Å². The first kappa shape index (κ1) is 20.4.